The Hall–Kier alpha value is -0.830. The zero-order chi connectivity index (χ0) is 8.55. The van der Waals surface area contributed by atoms with Crippen LogP contribution in [0.2, 0.25) is 0 Å². The normalized spacial score (nSPS) is 16.1. The van der Waals surface area contributed by atoms with Gasteiger partial charge < -0.3 is 5.32 Å². The molecule has 1 amide bonds. The molecule has 1 aliphatic rings. The fraction of sp³-hybridized carbons (Fsp3) is 0.444. The third-order valence-corrected chi connectivity index (χ3v) is 2.85. The summed E-state index contributed by atoms with van der Waals surface area (Å²) in [5.41, 5.74) is 0. The Balaban J connectivity index is 1.98. The summed E-state index contributed by atoms with van der Waals surface area (Å²) in [6, 6.07) is 3.98. The average molecular weight is 181 g/mol. The van der Waals surface area contributed by atoms with E-state index in [4.69, 9.17) is 0 Å². The number of rotatable bonds is 2. The largest absolute Gasteiger partial charge is 0.317 e. The molecule has 0 unspecified atom stereocenters. The van der Waals surface area contributed by atoms with E-state index in [2.05, 4.69) is 5.32 Å². The molecule has 1 saturated carbocycles. The van der Waals surface area contributed by atoms with Gasteiger partial charge in [0.25, 0.3) is 0 Å². The van der Waals surface area contributed by atoms with Gasteiger partial charge in [-0.3, -0.25) is 4.79 Å². The highest BCUT2D eigenvalue weighted by Crippen LogP contribution is 2.31. The summed E-state index contributed by atoms with van der Waals surface area (Å²) in [4.78, 5) is 12.5. The van der Waals surface area contributed by atoms with Crippen LogP contribution in [0, 0.1) is 12.8 Å². The summed E-state index contributed by atoms with van der Waals surface area (Å²) >= 11 is 1.63. The molecule has 3 heteroatoms. The quantitative estimate of drug-likeness (QED) is 0.745. The number of aryl methyl sites for hydroxylation is 1. The lowest BCUT2D eigenvalue weighted by atomic mass is 10.4. The van der Waals surface area contributed by atoms with E-state index >= 15 is 0 Å². The van der Waals surface area contributed by atoms with E-state index in [9.17, 15) is 4.79 Å². The van der Waals surface area contributed by atoms with Gasteiger partial charge in [-0.15, -0.1) is 11.3 Å². The van der Waals surface area contributed by atoms with E-state index in [-0.39, 0.29) is 5.91 Å². The van der Waals surface area contributed by atoms with Gasteiger partial charge >= 0.3 is 0 Å². The standard InChI is InChI=1S/C9H11NOS/c1-6-2-5-8(12-6)10-9(11)7-3-4-7/h2,5,7H,3-4H2,1H3,(H,10,11). The number of hydrogen-bond donors (Lipinski definition) is 1. The van der Waals surface area contributed by atoms with Crippen LogP contribution in [0.15, 0.2) is 12.1 Å². The van der Waals surface area contributed by atoms with Gasteiger partial charge in [0.1, 0.15) is 0 Å². The van der Waals surface area contributed by atoms with Gasteiger partial charge in [0.15, 0.2) is 0 Å². The number of anilines is 1. The van der Waals surface area contributed by atoms with Crippen LogP contribution in [0.1, 0.15) is 17.7 Å². The molecule has 1 fully saturated rings. The highest BCUT2D eigenvalue weighted by Gasteiger charge is 2.29. The number of hydrogen-bond acceptors (Lipinski definition) is 2. The molecule has 0 aliphatic heterocycles. The first-order valence-electron chi connectivity index (χ1n) is 4.13. The molecule has 0 atom stereocenters. The van der Waals surface area contributed by atoms with Crippen molar-refractivity contribution in [3.05, 3.63) is 17.0 Å². The molecule has 1 heterocycles. The van der Waals surface area contributed by atoms with Crippen LogP contribution in [-0.4, -0.2) is 5.91 Å². The third kappa shape index (κ3) is 1.67. The SMILES string of the molecule is Cc1ccc(NC(=O)C2CC2)s1. The minimum absolute atomic E-state index is 0.192. The van der Waals surface area contributed by atoms with Crippen molar-refractivity contribution < 1.29 is 4.79 Å². The van der Waals surface area contributed by atoms with Crippen molar-refractivity contribution in [2.45, 2.75) is 19.8 Å². The maximum Gasteiger partial charge on any atom is 0.228 e. The van der Waals surface area contributed by atoms with E-state index in [1.54, 1.807) is 11.3 Å². The Kier molecular flexibility index (Phi) is 1.89. The summed E-state index contributed by atoms with van der Waals surface area (Å²) in [5, 5.41) is 3.88. The summed E-state index contributed by atoms with van der Waals surface area (Å²) < 4.78 is 0. The Bertz CT molecular complexity index is 301. The number of carbonyl (C=O) groups is 1. The minimum Gasteiger partial charge on any atom is -0.317 e. The third-order valence-electron chi connectivity index (χ3n) is 1.93. The second-order valence-electron chi connectivity index (χ2n) is 3.17. The Labute approximate surface area is 75.6 Å². The van der Waals surface area contributed by atoms with Crippen LogP contribution >= 0.6 is 11.3 Å². The maximum atomic E-state index is 11.3. The molecule has 64 valence electrons. The van der Waals surface area contributed by atoms with E-state index < -0.39 is 0 Å². The van der Waals surface area contributed by atoms with Gasteiger partial charge in [0, 0.05) is 10.8 Å². The molecular formula is C9H11NOS. The Morgan fingerprint density at radius 1 is 1.58 bits per heavy atom. The lowest BCUT2D eigenvalue weighted by Crippen LogP contribution is -2.11. The molecule has 1 aliphatic carbocycles. The van der Waals surface area contributed by atoms with Crippen molar-refractivity contribution in [2.24, 2.45) is 5.92 Å². The van der Waals surface area contributed by atoms with Crippen LogP contribution in [0.5, 0.6) is 0 Å². The van der Waals surface area contributed by atoms with Gasteiger partial charge in [0.2, 0.25) is 5.91 Å². The van der Waals surface area contributed by atoms with Crippen molar-refractivity contribution in [1.82, 2.24) is 0 Å². The summed E-state index contributed by atoms with van der Waals surface area (Å²) in [5.74, 6) is 0.490. The van der Waals surface area contributed by atoms with Crippen LogP contribution in [-0.2, 0) is 4.79 Å². The topological polar surface area (TPSA) is 29.1 Å². The number of carbonyl (C=O) groups excluding carboxylic acids is 1. The lowest BCUT2D eigenvalue weighted by molar-refractivity contribution is -0.117. The molecule has 1 N–H and O–H groups in total. The Morgan fingerprint density at radius 3 is 2.83 bits per heavy atom. The molecule has 2 nitrogen and oxygen atoms in total. The molecule has 0 aromatic carbocycles. The molecule has 0 radical (unpaired) electrons. The minimum atomic E-state index is 0.192. The van der Waals surface area contributed by atoms with Gasteiger partial charge in [-0.25, -0.2) is 0 Å². The van der Waals surface area contributed by atoms with E-state index in [0.717, 1.165) is 17.8 Å². The predicted molar refractivity (Wildman–Crippen MR) is 50.4 cm³/mol. The van der Waals surface area contributed by atoms with Gasteiger partial charge in [-0.1, -0.05) is 0 Å². The fourth-order valence-corrected chi connectivity index (χ4v) is 1.84. The van der Waals surface area contributed by atoms with E-state index in [1.807, 2.05) is 19.1 Å². The fourth-order valence-electron chi connectivity index (χ4n) is 1.07. The molecule has 12 heavy (non-hydrogen) atoms. The molecule has 0 spiro atoms. The predicted octanol–water partition coefficient (Wildman–Crippen LogP) is 2.41. The smallest absolute Gasteiger partial charge is 0.228 e. The number of amides is 1. The van der Waals surface area contributed by atoms with Gasteiger partial charge in [-0.2, -0.15) is 0 Å². The van der Waals surface area contributed by atoms with Crippen LogP contribution in [0.3, 0.4) is 0 Å². The second kappa shape index (κ2) is 2.90. The molecule has 1 aromatic heterocycles. The molecular weight excluding hydrogens is 170 g/mol. The lowest BCUT2D eigenvalue weighted by Gasteiger charge is -1.98. The number of thiophene rings is 1. The first-order chi connectivity index (χ1) is 5.75. The van der Waals surface area contributed by atoms with Crippen LogP contribution < -0.4 is 5.32 Å². The van der Waals surface area contributed by atoms with E-state index in [1.165, 1.54) is 4.88 Å². The van der Waals surface area contributed by atoms with Crippen molar-refractivity contribution in [3.8, 4) is 0 Å². The summed E-state index contributed by atoms with van der Waals surface area (Å²) in [6.45, 7) is 2.04. The monoisotopic (exact) mass is 181 g/mol. The highest BCUT2D eigenvalue weighted by molar-refractivity contribution is 7.16. The van der Waals surface area contributed by atoms with Crippen LogP contribution in [0.4, 0.5) is 5.00 Å². The van der Waals surface area contributed by atoms with Crippen molar-refractivity contribution in [2.75, 3.05) is 5.32 Å². The molecule has 0 bridgehead atoms. The van der Waals surface area contributed by atoms with Crippen molar-refractivity contribution in [3.63, 3.8) is 0 Å². The van der Waals surface area contributed by atoms with Crippen molar-refractivity contribution >= 4 is 22.2 Å². The van der Waals surface area contributed by atoms with E-state index in [0.29, 0.717) is 5.92 Å². The molecule has 1 aromatic rings. The Morgan fingerprint density at radius 2 is 2.33 bits per heavy atom. The highest BCUT2D eigenvalue weighted by atomic mass is 32.1. The zero-order valence-electron chi connectivity index (χ0n) is 6.96. The summed E-state index contributed by atoms with van der Waals surface area (Å²) in [7, 11) is 0. The number of nitrogens with one attached hydrogen (secondary N) is 1. The first kappa shape index (κ1) is 7.80. The van der Waals surface area contributed by atoms with Gasteiger partial charge in [-0.05, 0) is 31.9 Å². The zero-order valence-corrected chi connectivity index (χ0v) is 7.78. The average Bonchev–Trinajstić information content (AvgIpc) is 2.78. The summed E-state index contributed by atoms with van der Waals surface area (Å²) in [6.07, 6.45) is 2.13. The second-order valence-corrected chi connectivity index (χ2v) is 4.46. The first-order valence-corrected chi connectivity index (χ1v) is 4.94. The molecule has 0 saturated heterocycles. The van der Waals surface area contributed by atoms with Gasteiger partial charge in [0.05, 0.1) is 5.00 Å². The maximum absolute atomic E-state index is 11.3. The van der Waals surface area contributed by atoms with Crippen molar-refractivity contribution in [1.29, 1.82) is 0 Å². The van der Waals surface area contributed by atoms with Crippen LogP contribution in [0.25, 0.3) is 0 Å². The molecule has 2 rings (SSSR count).